The van der Waals surface area contributed by atoms with E-state index < -0.39 is 0 Å². The topological polar surface area (TPSA) is 75.4 Å². The number of amides is 2. The zero-order valence-corrected chi connectivity index (χ0v) is 17.0. The summed E-state index contributed by atoms with van der Waals surface area (Å²) in [5.74, 6) is 0.555. The lowest BCUT2D eigenvalue weighted by Gasteiger charge is -2.30. The Hall–Kier alpha value is -1.85. The molecule has 1 N–H and O–H groups in total. The third-order valence-electron chi connectivity index (χ3n) is 4.48. The van der Waals surface area contributed by atoms with Crippen molar-refractivity contribution in [1.82, 2.24) is 15.4 Å². The fourth-order valence-corrected chi connectivity index (χ4v) is 2.93. The van der Waals surface area contributed by atoms with Crippen molar-refractivity contribution in [2.24, 2.45) is 5.92 Å². The normalized spacial score (nSPS) is 19.0. The highest BCUT2D eigenvalue weighted by atomic mass is 16.5. The summed E-state index contributed by atoms with van der Waals surface area (Å²) in [6, 6.07) is 1.96. The molecule has 3 rings (SSSR count). The predicted molar refractivity (Wildman–Crippen MR) is 103 cm³/mol. The van der Waals surface area contributed by atoms with Crippen LogP contribution in [-0.4, -0.2) is 40.5 Å². The van der Waals surface area contributed by atoms with E-state index in [0.29, 0.717) is 18.4 Å². The number of likely N-dealkylation sites (tertiary alicyclic amines) is 1. The van der Waals surface area contributed by atoms with Gasteiger partial charge in [-0.05, 0) is 44.9 Å². The van der Waals surface area contributed by atoms with Gasteiger partial charge in [0.15, 0.2) is 0 Å². The lowest BCUT2D eigenvalue weighted by Crippen LogP contribution is -2.50. The van der Waals surface area contributed by atoms with E-state index >= 15 is 0 Å². The predicted octanol–water partition coefficient (Wildman–Crippen LogP) is 3.70. The van der Waals surface area contributed by atoms with Crippen LogP contribution in [0.25, 0.3) is 0 Å². The van der Waals surface area contributed by atoms with Crippen molar-refractivity contribution in [2.75, 3.05) is 6.54 Å². The van der Waals surface area contributed by atoms with E-state index in [1.54, 1.807) is 17.2 Å². The first-order valence-corrected chi connectivity index (χ1v) is 9.94. The molecule has 2 aliphatic rings. The number of nitrogens with zero attached hydrogens (tertiary/aromatic N) is 2. The van der Waals surface area contributed by atoms with Gasteiger partial charge < -0.3 is 14.7 Å². The number of carbonyl (C=O) groups excluding carboxylic acids is 2. The summed E-state index contributed by atoms with van der Waals surface area (Å²) in [4.78, 5) is 26.0. The summed E-state index contributed by atoms with van der Waals surface area (Å²) in [7, 11) is 0. The standard InChI is InChI=1S/C14H24N2O2.C4H5NO.C2H6/c1-10(2)9-13(17)16-8-4-7-12(16)14(18)15-11-5-3-6-11;1-4-2-3-6-5-4;1-2/h10-12H,3-9H2,1-2H3,(H,15,18);2-3H,1H3;1-2H3. The Labute approximate surface area is 157 Å². The zero-order chi connectivity index (χ0) is 19.5. The largest absolute Gasteiger partial charge is 0.365 e. The van der Waals surface area contributed by atoms with Gasteiger partial charge >= 0.3 is 0 Å². The number of aromatic nitrogens is 1. The molecule has 1 aliphatic carbocycles. The van der Waals surface area contributed by atoms with Crippen molar-refractivity contribution in [1.29, 1.82) is 0 Å². The Bertz CT molecular complexity index is 524. The molecule has 6 heteroatoms. The van der Waals surface area contributed by atoms with Crippen LogP contribution in [0.5, 0.6) is 0 Å². The van der Waals surface area contributed by atoms with Gasteiger partial charge in [-0.3, -0.25) is 9.59 Å². The van der Waals surface area contributed by atoms with Gasteiger partial charge in [-0.25, -0.2) is 0 Å². The van der Waals surface area contributed by atoms with Gasteiger partial charge in [-0.1, -0.05) is 32.9 Å². The molecule has 0 spiro atoms. The Balaban J connectivity index is 0.000000353. The van der Waals surface area contributed by atoms with Gasteiger partial charge in [-0.2, -0.15) is 0 Å². The van der Waals surface area contributed by atoms with Crippen LogP contribution < -0.4 is 5.32 Å². The van der Waals surface area contributed by atoms with Gasteiger partial charge in [0, 0.05) is 25.1 Å². The summed E-state index contributed by atoms with van der Waals surface area (Å²) in [6.07, 6.45) is 7.28. The second kappa shape index (κ2) is 11.7. The van der Waals surface area contributed by atoms with Crippen molar-refractivity contribution in [3.8, 4) is 0 Å². The molecule has 2 amide bonds. The number of nitrogens with one attached hydrogen (secondary N) is 1. The molecule has 1 aromatic heterocycles. The van der Waals surface area contributed by atoms with Gasteiger partial charge in [0.1, 0.15) is 12.3 Å². The van der Waals surface area contributed by atoms with Crippen LogP contribution in [0.2, 0.25) is 0 Å². The summed E-state index contributed by atoms with van der Waals surface area (Å²) in [6.45, 7) is 10.7. The van der Waals surface area contributed by atoms with Gasteiger partial charge in [0.25, 0.3) is 0 Å². The van der Waals surface area contributed by atoms with E-state index in [0.717, 1.165) is 37.9 Å². The molecule has 1 atom stereocenters. The molecule has 1 saturated heterocycles. The first-order valence-electron chi connectivity index (χ1n) is 9.94. The molecule has 1 saturated carbocycles. The molecule has 26 heavy (non-hydrogen) atoms. The van der Waals surface area contributed by atoms with Crippen molar-refractivity contribution in [2.45, 2.75) is 85.2 Å². The van der Waals surface area contributed by atoms with Crippen molar-refractivity contribution >= 4 is 11.8 Å². The highest BCUT2D eigenvalue weighted by molar-refractivity contribution is 5.88. The average Bonchev–Trinajstić information content (AvgIpc) is 3.23. The molecule has 1 aliphatic heterocycles. The van der Waals surface area contributed by atoms with Gasteiger partial charge in [-0.15, -0.1) is 0 Å². The summed E-state index contributed by atoms with van der Waals surface area (Å²) < 4.78 is 4.46. The fourth-order valence-electron chi connectivity index (χ4n) is 2.93. The van der Waals surface area contributed by atoms with E-state index in [2.05, 4.69) is 15.0 Å². The van der Waals surface area contributed by atoms with Crippen LogP contribution in [0.15, 0.2) is 16.9 Å². The number of aryl methyl sites for hydroxylation is 1. The van der Waals surface area contributed by atoms with E-state index in [9.17, 15) is 9.59 Å². The molecule has 1 unspecified atom stereocenters. The minimum Gasteiger partial charge on any atom is -0.365 e. The summed E-state index contributed by atoms with van der Waals surface area (Å²) in [5.41, 5.74) is 0.926. The molecule has 2 heterocycles. The maximum Gasteiger partial charge on any atom is 0.243 e. The number of hydrogen-bond donors (Lipinski definition) is 1. The van der Waals surface area contributed by atoms with E-state index in [1.807, 2.05) is 34.6 Å². The van der Waals surface area contributed by atoms with Crippen LogP contribution in [0, 0.1) is 12.8 Å². The lowest BCUT2D eigenvalue weighted by atomic mass is 9.93. The Morgan fingerprint density at radius 2 is 1.96 bits per heavy atom. The van der Waals surface area contributed by atoms with Gasteiger partial charge in [0.05, 0.1) is 5.69 Å². The first kappa shape index (κ1) is 22.2. The molecule has 0 aromatic carbocycles. The lowest BCUT2D eigenvalue weighted by molar-refractivity contribution is -0.139. The number of carbonyl (C=O) groups is 2. The maximum atomic E-state index is 12.1. The Morgan fingerprint density at radius 1 is 1.27 bits per heavy atom. The molecular formula is C20H35N3O3. The Morgan fingerprint density at radius 3 is 2.38 bits per heavy atom. The molecule has 148 valence electrons. The zero-order valence-electron chi connectivity index (χ0n) is 17.0. The van der Waals surface area contributed by atoms with Crippen LogP contribution in [0.4, 0.5) is 0 Å². The summed E-state index contributed by atoms with van der Waals surface area (Å²) in [5, 5.41) is 6.61. The number of hydrogen-bond acceptors (Lipinski definition) is 4. The Kier molecular flexibility index (Phi) is 9.99. The smallest absolute Gasteiger partial charge is 0.243 e. The van der Waals surface area contributed by atoms with E-state index in [-0.39, 0.29) is 17.9 Å². The molecule has 0 bridgehead atoms. The monoisotopic (exact) mass is 365 g/mol. The third-order valence-corrected chi connectivity index (χ3v) is 4.48. The van der Waals surface area contributed by atoms with Crippen LogP contribution in [-0.2, 0) is 9.59 Å². The average molecular weight is 366 g/mol. The second-order valence-corrected chi connectivity index (χ2v) is 7.12. The molecule has 1 aromatic rings. The first-order chi connectivity index (χ1) is 12.5. The minimum absolute atomic E-state index is 0.0642. The minimum atomic E-state index is -0.211. The van der Waals surface area contributed by atoms with E-state index in [4.69, 9.17) is 0 Å². The molecule has 0 radical (unpaired) electrons. The second-order valence-electron chi connectivity index (χ2n) is 7.12. The highest BCUT2D eigenvalue weighted by Gasteiger charge is 2.35. The van der Waals surface area contributed by atoms with Crippen molar-refractivity contribution < 1.29 is 14.1 Å². The third kappa shape index (κ3) is 7.18. The van der Waals surface area contributed by atoms with Crippen molar-refractivity contribution in [3.63, 3.8) is 0 Å². The SMILES string of the molecule is CC.CC(C)CC(=O)N1CCCC1C(=O)NC1CCC1.Cc1ccon1. The quantitative estimate of drug-likeness (QED) is 0.883. The van der Waals surface area contributed by atoms with E-state index in [1.165, 1.54) is 6.42 Å². The fraction of sp³-hybridized carbons (Fsp3) is 0.750. The van der Waals surface area contributed by atoms with Crippen LogP contribution in [0.3, 0.4) is 0 Å². The van der Waals surface area contributed by atoms with Crippen LogP contribution in [0.1, 0.15) is 71.9 Å². The molecule has 2 fully saturated rings. The highest BCUT2D eigenvalue weighted by Crippen LogP contribution is 2.22. The number of rotatable bonds is 4. The maximum absolute atomic E-state index is 12.1. The van der Waals surface area contributed by atoms with Gasteiger partial charge in [0.2, 0.25) is 11.8 Å². The van der Waals surface area contributed by atoms with Crippen LogP contribution >= 0.6 is 0 Å². The van der Waals surface area contributed by atoms with Crippen molar-refractivity contribution in [3.05, 3.63) is 18.0 Å². The molecule has 6 nitrogen and oxygen atoms in total. The molecular weight excluding hydrogens is 330 g/mol. The summed E-state index contributed by atoms with van der Waals surface area (Å²) >= 11 is 0.